The molecule has 0 heterocycles. The lowest BCUT2D eigenvalue weighted by atomic mass is 10.0. The Morgan fingerprint density at radius 1 is 1.00 bits per heavy atom. The summed E-state index contributed by atoms with van der Waals surface area (Å²) in [6.45, 7) is 0. The first-order chi connectivity index (χ1) is 9.00. The van der Waals surface area contributed by atoms with E-state index < -0.39 is 18.2 Å². The summed E-state index contributed by atoms with van der Waals surface area (Å²) >= 11 is 0. The van der Waals surface area contributed by atoms with E-state index in [0.717, 1.165) is 38.5 Å². The number of alkyl halides is 3. The van der Waals surface area contributed by atoms with Crippen LogP contribution in [0.3, 0.4) is 0 Å². The van der Waals surface area contributed by atoms with E-state index >= 15 is 0 Å². The zero-order chi connectivity index (χ0) is 14.1. The minimum atomic E-state index is -4.91. The van der Waals surface area contributed by atoms with Gasteiger partial charge >= 0.3 is 12.1 Å². The van der Waals surface area contributed by atoms with Crippen LogP contribution in [0.2, 0.25) is 0 Å². The van der Waals surface area contributed by atoms with E-state index in [2.05, 4.69) is 4.74 Å². The fraction of sp³-hybridized carbons (Fsp3) is 0.786. The smallest absolute Gasteiger partial charge is 0.451 e. The number of esters is 1. The third-order valence-electron chi connectivity index (χ3n) is 3.20. The lowest BCUT2D eigenvalue weighted by molar-refractivity contribution is -0.203. The Balaban J connectivity index is 2.50. The van der Waals surface area contributed by atoms with Crippen LogP contribution >= 0.6 is 0 Å². The molecule has 1 rings (SSSR count). The highest BCUT2D eigenvalue weighted by molar-refractivity contribution is 5.75. The second kappa shape index (κ2) is 8.23. The lowest BCUT2D eigenvalue weighted by Crippen LogP contribution is -2.29. The number of allylic oxidation sites excluding steroid dienone is 1. The summed E-state index contributed by atoms with van der Waals surface area (Å²) in [6.07, 6.45) is 6.55. The molecule has 0 spiro atoms. The van der Waals surface area contributed by atoms with Crippen LogP contribution in [0, 0.1) is 0 Å². The molecular weight excluding hydrogens is 257 g/mol. The number of hydrogen-bond donors (Lipinski definition) is 0. The topological polar surface area (TPSA) is 26.3 Å². The number of carbonyl (C=O) groups excluding carboxylic acids is 1. The largest absolute Gasteiger partial charge is 0.490 e. The van der Waals surface area contributed by atoms with E-state index in [4.69, 9.17) is 0 Å². The van der Waals surface area contributed by atoms with Crippen LogP contribution < -0.4 is 0 Å². The molecule has 2 nitrogen and oxygen atoms in total. The van der Waals surface area contributed by atoms with Gasteiger partial charge in [0.2, 0.25) is 0 Å². The van der Waals surface area contributed by atoms with Crippen molar-refractivity contribution in [2.45, 2.75) is 70.1 Å². The van der Waals surface area contributed by atoms with E-state index in [0.29, 0.717) is 6.42 Å². The van der Waals surface area contributed by atoms with E-state index in [1.165, 1.54) is 12.8 Å². The first-order valence-corrected chi connectivity index (χ1v) is 6.94. The molecule has 0 saturated heterocycles. The molecule has 19 heavy (non-hydrogen) atoms. The molecule has 1 aliphatic carbocycles. The average Bonchev–Trinajstić information content (AvgIpc) is 2.31. The summed E-state index contributed by atoms with van der Waals surface area (Å²) in [7, 11) is 0. The highest BCUT2D eigenvalue weighted by Crippen LogP contribution is 2.20. The van der Waals surface area contributed by atoms with Crippen molar-refractivity contribution < 1.29 is 22.7 Å². The number of carbonyl (C=O) groups is 1. The molecule has 1 atom stereocenters. The van der Waals surface area contributed by atoms with Gasteiger partial charge < -0.3 is 4.74 Å². The van der Waals surface area contributed by atoms with E-state index in [1.807, 2.05) is 6.08 Å². The van der Waals surface area contributed by atoms with Crippen LogP contribution in [0.15, 0.2) is 12.2 Å². The standard InChI is InChI=1S/C14H21F3O2/c15-14(16,17)13(18)19-12-10-8-6-4-2-1-3-5-7-9-11-12/h8,10,12H,1-7,9,11H2/b10-8+. The molecule has 0 aromatic carbocycles. The molecule has 0 amide bonds. The Hall–Kier alpha value is -1.00. The maximum Gasteiger partial charge on any atom is 0.490 e. The Kier molecular flexibility index (Phi) is 6.95. The third-order valence-corrected chi connectivity index (χ3v) is 3.20. The molecule has 5 heteroatoms. The van der Waals surface area contributed by atoms with Crippen LogP contribution in [-0.4, -0.2) is 18.2 Å². The van der Waals surface area contributed by atoms with Crippen molar-refractivity contribution in [1.82, 2.24) is 0 Å². The molecule has 0 fully saturated rings. The van der Waals surface area contributed by atoms with E-state index in [-0.39, 0.29) is 0 Å². The minimum Gasteiger partial charge on any atom is -0.451 e. The minimum absolute atomic E-state index is 0.471. The van der Waals surface area contributed by atoms with Crippen LogP contribution in [0.4, 0.5) is 13.2 Å². The predicted molar refractivity (Wildman–Crippen MR) is 66.6 cm³/mol. The summed E-state index contributed by atoms with van der Waals surface area (Å²) in [5.74, 6) is -2.09. The van der Waals surface area contributed by atoms with Gasteiger partial charge in [-0.25, -0.2) is 4.79 Å². The third kappa shape index (κ3) is 7.23. The maximum atomic E-state index is 12.2. The fourth-order valence-corrected chi connectivity index (χ4v) is 2.14. The monoisotopic (exact) mass is 278 g/mol. The van der Waals surface area contributed by atoms with Gasteiger partial charge in [0.25, 0.3) is 0 Å². The van der Waals surface area contributed by atoms with Gasteiger partial charge in [-0.3, -0.25) is 0 Å². The number of hydrogen-bond acceptors (Lipinski definition) is 2. The van der Waals surface area contributed by atoms with Crippen LogP contribution in [0.25, 0.3) is 0 Å². The van der Waals surface area contributed by atoms with Crippen LogP contribution in [0.1, 0.15) is 57.8 Å². The van der Waals surface area contributed by atoms with Gasteiger partial charge in [0.1, 0.15) is 6.10 Å². The highest BCUT2D eigenvalue weighted by atomic mass is 19.4. The molecule has 0 aliphatic heterocycles. The molecule has 0 radical (unpaired) electrons. The second-order valence-corrected chi connectivity index (χ2v) is 4.92. The SMILES string of the molecule is O=C(OC1/C=C/CCCCCCCCC1)C(F)(F)F. The summed E-state index contributed by atoms with van der Waals surface area (Å²) in [5.41, 5.74) is 0. The Labute approximate surface area is 112 Å². The number of ether oxygens (including phenoxy) is 1. The number of rotatable bonds is 1. The van der Waals surface area contributed by atoms with Gasteiger partial charge in [-0.05, 0) is 31.8 Å². The van der Waals surface area contributed by atoms with Crippen molar-refractivity contribution in [3.05, 3.63) is 12.2 Å². The van der Waals surface area contributed by atoms with Gasteiger partial charge in [0.05, 0.1) is 0 Å². The average molecular weight is 278 g/mol. The Bertz CT molecular complexity index is 298. The molecule has 110 valence electrons. The number of halogens is 3. The van der Waals surface area contributed by atoms with Crippen molar-refractivity contribution in [3.8, 4) is 0 Å². The molecule has 1 unspecified atom stereocenters. The molecular formula is C14H21F3O2. The molecule has 0 aromatic heterocycles. The zero-order valence-corrected chi connectivity index (χ0v) is 11.0. The van der Waals surface area contributed by atoms with E-state index in [1.54, 1.807) is 6.08 Å². The summed E-state index contributed by atoms with van der Waals surface area (Å²) in [6, 6.07) is 0. The van der Waals surface area contributed by atoms with Crippen molar-refractivity contribution >= 4 is 5.97 Å². The van der Waals surface area contributed by atoms with Crippen molar-refractivity contribution in [2.24, 2.45) is 0 Å². The molecule has 0 N–H and O–H groups in total. The summed E-state index contributed by atoms with van der Waals surface area (Å²) in [5, 5.41) is 0. The predicted octanol–water partition coefficient (Wildman–Crippen LogP) is 4.54. The highest BCUT2D eigenvalue weighted by Gasteiger charge is 2.41. The van der Waals surface area contributed by atoms with Crippen LogP contribution in [-0.2, 0) is 9.53 Å². The maximum absolute atomic E-state index is 12.2. The van der Waals surface area contributed by atoms with Gasteiger partial charge in [-0.2, -0.15) is 13.2 Å². The van der Waals surface area contributed by atoms with E-state index in [9.17, 15) is 18.0 Å². The first-order valence-electron chi connectivity index (χ1n) is 6.94. The van der Waals surface area contributed by atoms with Crippen LogP contribution in [0.5, 0.6) is 0 Å². The Morgan fingerprint density at radius 3 is 2.21 bits per heavy atom. The van der Waals surface area contributed by atoms with Crippen molar-refractivity contribution in [1.29, 1.82) is 0 Å². The summed E-state index contributed by atoms with van der Waals surface area (Å²) < 4.78 is 41.0. The molecule has 0 aromatic rings. The fourth-order valence-electron chi connectivity index (χ4n) is 2.14. The molecule has 0 bridgehead atoms. The van der Waals surface area contributed by atoms with Gasteiger partial charge in [-0.1, -0.05) is 38.2 Å². The normalized spacial score (nSPS) is 24.9. The molecule has 0 saturated carbocycles. The summed E-state index contributed by atoms with van der Waals surface area (Å²) in [4.78, 5) is 10.8. The lowest BCUT2D eigenvalue weighted by Gasteiger charge is -2.16. The first kappa shape index (κ1) is 16.1. The van der Waals surface area contributed by atoms with Gasteiger partial charge in [0, 0.05) is 0 Å². The zero-order valence-electron chi connectivity index (χ0n) is 11.0. The van der Waals surface area contributed by atoms with Gasteiger partial charge in [-0.15, -0.1) is 0 Å². The second-order valence-electron chi connectivity index (χ2n) is 4.92. The molecule has 1 aliphatic rings. The quantitative estimate of drug-likeness (QED) is 0.520. The van der Waals surface area contributed by atoms with Gasteiger partial charge in [0.15, 0.2) is 0 Å². The Morgan fingerprint density at radius 2 is 1.58 bits per heavy atom. The van der Waals surface area contributed by atoms with Crippen molar-refractivity contribution in [3.63, 3.8) is 0 Å². The van der Waals surface area contributed by atoms with Crippen molar-refractivity contribution in [2.75, 3.05) is 0 Å².